The first-order chi connectivity index (χ1) is 12.2. The first kappa shape index (κ1) is 20.4. The molecule has 0 atom stereocenters. The molecule has 0 N–H and O–H groups in total. The lowest BCUT2D eigenvalue weighted by Crippen LogP contribution is -2.36. The van der Waals surface area contributed by atoms with E-state index in [4.69, 9.17) is 0 Å². The number of amides is 2. The minimum Gasteiger partial charge on any atom is -0.339 e. The summed E-state index contributed by atoms with van der Waals surface area (Å²) in [5.41, 5.74) is 0.442. The molecule has 0 fully saturated rings. The van der Waals surface area contributed by atoms with Gasteiger partial charge in [-0.1, -0.05) is 26.7 Å². The van der Waals surface area contributed by atoms with Crippen molar-refractivity contribution < 1.29 is 18.0 Å². The molecule has 0 aliphatic carbocycles. The number of fused-ring (bicyclic) bond motifs is 1. The van der Waals surface area contributed by atoms with E-state index in [2.05, 4.69) is 13.8 Å². The van der Waals surface area contributed by atoms with Crippen molar-refractivity contribution in [2.75, 3.05) is 13.1 Å². The Morgan fingerprint density at radius 3 is 2.27 bits per heavy atom. The van der Waals surface area contributed by atoms with Crippen molar-refractivity contribution in [3.8, 4) is 0 Å². The molecule has 1 aromatic rings. The van der Waals surface area contributed by atoms with Crippen LogP contribution in [0, 0.1) is 5.92 Å². The van der Waals surface area contributed by atoms with Gasteiger partial charge in [-0.15, -0.1) is 0 Å². The number of sulfonamides is 1. The van der Waals surface area contributed by atoms with E-state index in [9.17, 15) is 18.0 Å². The van der Waals surface area contributed by atoms with E-state index in [1.807, 2.05) is 6.92 Å². The Morgan fingerprint density at radius 1 is 1.15 bits per heavy atom. The molecule has 0 unspecified atom stereocenters. The Bertz CT molecular complexity index is 798. The van der Waals surface area contributed by atoms with Crippen LogP contribution in [0.5, 0.6) is 0 Å². The van der Waals surface area contributed by atoms with Gasteiger partial charge in [-0.25, -0.2) is 12.7 Å². The number of hydrogen-bond donors (Lipinski definition) is 0. The fourth-order valence-electron chi connectivity index (χ4n) is 3.29. The average molecular weight is 381 g/mol. The fourth-order valence-corrected chi connectivity index (χ4v) is 5.08. The quantitative estimate of drug-likeness (QED) is 0.728. The highest BCUT2D eigenvalue weighted by molar-refractivity contribution is 7.90. The van der Waals surface area contributed by atoms with E-state index in [-0.39, 0.29) is 16.4 Å². The van der Waals surface area contributed by atoms with Crippen molar-refractivity contribution in [3.05, 3.63) is 29.3 Å². The lowest BCUT2D eigenvalue weighted by Gasteiger charge is -2.25. The molecule has 6 nitrogen and oxygen atoms in total. The number of benzene rings is 1. The van der Waals surface area contributed by atoms with Crippen LogP contribution in [-0.2, 0) is 10.0 Å². The molecule has 0 radical (unpaired) electrons. The second-order valence-corrected chi connectivity index (χ2v) is 8.72. The third-order valence-corrected chi connectivity index (χ3v) is 6.97. The van der Waals surface area contributed by atoms with Gasteiger partial charge in [-0.05, 0) is 44.9 Å². The minimum atomic E-state index is -3.90. The van der Waals surface area contributed by atoms with Crippen LogP contribution in [0.3, 0.4) is 0 Å². The first-order valence-electron chi connectivity index (χ1n) is 9.20. The predicted molar refractivity (Wildman–Crippen MR) is 101 cm³/mol. The molecule has 1 aromatic carbocycles. The Kier molecular flexibility index (Phi) is 6.11. The van der Waals surface area contributed by atoms with E-state index in [1.165, 1.54) is 12.1 Å². The second kappa shape index (κ2) is 7.78. The lowest BCUT2D eigenvalue weighted by atomic mass is 10.0. The van der Waals surface area contributed by atoms with Crippen molar-refractivity contribution in [2.24, 2.45) is 5.92 Å². The second-order valence-electron chi connectivity index (χ2n) is 6.94. The van der Waals surface area contributed by atoms with Gasteiger partial charge in [0.05, 0.1) is 5.56 Å². The summed E-state index contributed by atoms with van der Waals surface area (Å²) >= 11 is 0. The molecule has 2 amide bonds. The van der Waals surface area contributed by atoms with Crippen molar-refractivity contribution in [1.82, 2.24) is 9.21 Å². The maximum atomic E-state index is 12.9. The van der Waals surface area contributed by atoms with Gasteiger partial charge in [0.25, 0.3) is 21.8 Å². The average Bonchev–Trinajstić information content (AvgIpc) is 2.81. The molecule has 0 saturated carbocycles. The summed E-state index contributed by atoms with van der Waals surface area (Å²) in [5.74, 6) is -0.318. The number of hydrogen-bond acceptors (Lipinski definition) is 4. The van der Waals surface area contributed by atoms with Gasteiger partial charge in [-0.2, -0.15) is 0 Å². The van der Waals surface area contributed by atoms with Crippen LogP contribution in [-0.4, -0.2) is 48.6 Å². The molecule has 26 heavy (non-hydrogen) atoms. The highest BCUT2D eigenvalue weighted by atomic mass is 32.2. The van der Waals surface area contributed by atoms with Crippen LogP contribution >= 0.6 is 0 Å². The zero-order valence-electron chi connectivity index (χ0n) is 16.2. The fraction of sp³-hybridized carbons (Fsp3) is 0.579. The number of carbonyl (C=O) groups excluding carboxylic acids is 2. The molecule has 7 heteroatoms. The summed E-state index contributed by atoms with van der Waals surface area (Å²) in [6.07, 6.45) is 1.97. The van der Waals surface area contributed by atoms with Crippen molar-refractivity contribution in [2.45, 2.75) is 58.4 Å². The SMILES string of the molecule is CCC(CC)CN(CC)C(=O)c1ccc2c(c1)S(=O)(=O)N(C(C)C)C2=O. The van der Waals surface area contributed by atoms with Crippen LogP contribution in [0.4, 0.5) is 0 Å². The molecule has 144 valence electrons. The van der Waals surface area contributed by atoms with Gasteiger partial charge < -0.3 is 4.90 Å². The molecule has 1 aliphatic heterocycles. The topological polar surface area (TPSA) is 74.8 Å². The molecule has 0 bridgehead atoms. The zero-order chi connectivity index (χ0) is 19.6. The van der Waals surface area contributed by atoms with E-state index in [1.54, 1.807) is 24.8 Å². The van der Waals surface area contributed by atoms with Crippen LogP contribution in [0.2, 0.25) is 0 Å². The lowest BCUT2D eigenvalue weighted by molar-refractivity contribution is 0.0733. The summed E-state index contributed by atoms with van der Waals surface area (Å²) in [5, 5.41) is 0. The molecular weight excluding hydrogens is 352 g/mol. The van der Waals surface area contributed by atoms with Gasteiger partial charge in [0, 0.05) is 24.7 Å². The highest BCUT2D eigenvalue weighted by Crippen LogP contribution is 2.32. The molecule has 1 aliphatic rings. The van der Waals surface area contributed by atoms with Crippen molar-refractivity contribution >= 4 is 21.8 Å². The van der Waals surface area contributed by atoms with E-state index in [0.717, 1.165) is 17.1 Å². The van der Waals surface area contributed by atoms with Gasteiger partial charge in [0.15, 0.2) is 0 Å². The standard InChI is InChI=1S/C19H28N2O4S/c1-6-14(7-2)12-20(8-3)18(22)15-9-10-16-17(11-15)26(24,25)21(13(4)5)19(16)23/h9-11,13-14H,6-8,12H2,1-5H3. The molecule has 0 aromatic heterocycles. The number of carbonyl (C=O) groups is 2. The first-order valence-corrected chi connectivity index (χ1v) is 10.6. The zero-order valence-corrected chi connectivity index (χ0v) is 17.0. The summed E-state index contributed by atoms with van der Waals surface area (Å²) in [4.78, 5) is 27.0. The van der Waals surface area contributed by atoms with E-state index < -0.39 is 22.0 Å². The largest absolute Gasteiger partial charge is 0.339 e. The summed E-state index contributed by atoms with van der Waals surface area (Å²) in [6.45, 7) is 10.6. The summed E-state index contributed by atoms with van der Waals surface area (Å²) in [7, 11) is -3.90. The molecule has 2 rings (SSSR count). The third kappa shape index (κ3) is 3.49. The third-order valence-electron chi connectivity index (χ3n) is 4.97. The predicted octanol–water partition coefficient (Wildman–Crippen LogP) is 3.14. The van der Waals surface area contributed by atoms with Crippen molar-refractivity contribution in [3.63, 3.8) is 0 Å². The minimum absolute atomic E-state index is 0.0689. The Morgan fingerprint density at radius 2 is 1.77 bits per heavy atom. The van der Waals surface area contributed by atoms with Gasteiger partial charge in [0.1, 0.15) is 4.90 Å². The van der Waals surface area contributed by atoms with Crippen LogP contribution < -0.4 is 0 Å². The van der Waals surface area contributed by atoms with Crippen molar-refractivity contribution in [1.29, 1.82) is 0 Å². The maximum Gasteiger partial charge on any atom is 0.269 e. The van der Waals surface area contributed by atoms with E-state index in [0.29, 0.717) is 24.6 Å². The maximum absolute atomic E-state index is 12.9. The summed E-state index contributed by atoms with van der Waals surface area (Å²) in [6, 6.07) is 3.88. The van der Waals surface area contributed by atoms with E-state index >= 15 is 0 Å². The highest BCUT2D eigenvalue weighted by Gasteiger charge is 2.43. The van der Waals surface area contributed by atoms with Crippen LogP contribution in [0.25, 0.3) is 0 Å². The summed E-state index contributed by atoms with van der Waals surface area (Å²) < 4.78 is 26.3. The molecule has 0 spiro atoms. The Labute approximate surface area is 156 Å². The Hall–Kier alpha value is -1.89. The van der Waals surface area contributed by atoms with Gasteiger partial charge >= 0.3 is 0 Å². The number of nitrogens with zero attached hydrogens (tertiary/aromatic N) is 2. The molecule has 0 saturated heterocycles. The van der Waals surface area contributed by atoms with Gasteiger partial charge in [-0.3, -0.25) is 9.59 Å². The monoisotopic (exact) mass is 380 g/mol. The van der Waals surface area contributed by atoms with Crippen LogP contribution in [0.1, 0.15) is 68.2 Å². The molecule has 1 heterocycles. The van der Waals surface area contributed by atoms with Crippen LogP contribution in [0.15, 0.2) is 23.1 Å². The Balaban J connectivity index is 2.39. The molecular formula is C19H28N2O4S. The number of rotatable bonds is 7. The smallest absolute Gasteiger partial charge is 0.269 e. The normalized spacial score (nSPS) is 15.7. The van der Waals surface area contributed by atoms with Gasteiger partial charge in [0.2, 0.25) is 0 Å².